The van der Waals surface area contributed by atoms with Gasteiger partial charge in [0.2, 0.25) is 5.91 Å². The molecule has 3 rings (SSSR count). The summed E-state index contributed by atoms with van der Waals surface area (Å²) in [5.41, 5.74) is 2.29. The number of aromatic nitrogens is 1. The zero-order valence-electron chi connectivity index (χ0n) is 16.1. The lowest BCUT2D eigenvalue weighted by molar-refractivity contribution is -0.133. The number of carbonyl (C=O) groups is 1. The summed E-state index contributed by atoms with van der Waals surface area (Å²) in [5, 5.41) is 0. The van der Waals surface area contributed by atoms with Gasteiger partial charge in [-0.15, -0.1) is 0 Å². The lowest BCUT2D eigenvalue weighted by atomic mass is 10.1. The van der Waals surface area contributed by atoms with E-state index >= 15 is 0 Å². The van der Waals surface area contributed by atoms with Crippen LogP contribution in [0.4, 0.5) is 0 Å². The normalized spacial score (nSPS) is 14.8. The SMILES string of the molecule is COc1ccc(CCC(=O)N2CCN(Cc3cccnc3)CC2)cc1OC. The van der Waals surface area contributed by atoms with Crippen LogP contribution in [0.1, 0.15) is 17.5 Å². The van der Waals surface area contributed by atoms with Crippen molar-refractivity contribution in [1.82, 2.24) is 14.8 Å². The third kappa shape index (κ3) is 5.20. The summed E-state index contributed by atoms with van der Waals surface area (Å²) in [6.07, 6.45) is 4.91. The van der Waals surface area contributed by atoms with E-state index in [1.54, 1.807) is 20.4 Å². The van der Waals surface area contributed by atoms with Crippen LogP contribution >= 0.6 is 0 Å². The van der Waals surface area contributed by atoms with Crippen molar-refractivity contribution < 1.29 is 14.3 Å². The van der Waals surface area contributed by atoms with Gasteiger partial charge < -0.3 is 14.4 Å². The molecule has 0 bridgehead atoms. The number of rotatable bonds is 7. The van der Waals surface area contributed by atoms with Crippen molar-refractivity contribution in [3.63, 3.8) is 0 Å². The van der Waals surface area contributed by atoms with Gasteiger partial charge >= 0.3 is 0 Å². The minimum Gasteiger partial charge on any atom is -0.493 e. The van der Waals surface area contributed by atoms with Crippen LogP contribution in [0.25, 0.3) is 0 Å². The molecule has 0 N–H and O–H groups in total. The first-order valence-corrected chi connectivity index (χ1v) is 9.29. The first-order chi connectivity index (χ1) is 13.2. The smallest absolute Gasteiger partial charge is 0.222 e. The summed E-state index contributed by atoms with van der Waals surface area (Å²) >= 11 is 0. The van der Waals surface area contributed by atoms with E-state index < -0.39 is 0 Å². The maximum Gasteiger partial charge on any atom is 0.222 e. The molecule has 1 saturated heterocycles. The third-order valence-electron chi connectivity index (χ3n) is 4.93. The van der Waals surface area contributed by atoms with Crippen LogP contribution < -0.4 is 9.47 Å². The highest BCUT2D eigenvalue weighted by Crippen LogP contribution is 2.28. The van der Waals surface area contributed by atoms with Gasteiger partial charge in [0.05, 0.1) is 14.2 Å². The van der Waals surface area contributed by atoms with E-state index in [0.717, 1.165) is 38.3 Å². The average molecular weight is 369 g/mol. The van der Waals surface area contributed by atoms with E-state index in [2.05, 4.69) is 16.0 Å². The summed E-state index contributed by atoms with van der Waals surface area (Å²) in [4.78, 5) is 21.1. The summed E-state index contributed by atoms with van der Waals surface area (Å²) in [6.45, 7) is 4.26. The number of hydrogen-bond donors (Lipinski definition) is 0. The van der Waals surface area contributed by atoms with E-state index in [9.17, 15) is 4.79 Å². The molecule has 1 aliphatic heterocycles. The number of nitrogens with zero attached hydrogens (tertiary/aromatic N) is 3. The van der Waals surface area contributed by atoms with Gasteiger partial charge in [0.1, 0.15) is 0 Å². The number of pyridine rings is 1. The van der Waals surface area contributed by atoms with Crippen LogP contribution in [0.5, 0.6) is 11.5 Å². The highest BCUT2D eigenvalue weighted by Gasteiger charge is 2.21. The first-order valence-electron chi connectivity index (χ1n) is 9.29. The molecular weight excluding hydrogens is 342 g/mol. The zero-order chi connectivity index (χ0) is 19.1. The minimum atomic E-state index is 0.214. The zero-order valence-corrected chi connectivity index (χ0v) is 16.1. The Labute approximate surface area is 160 Å². The Morgan fingerprint density at radius 1 is 1.04 bits per heavy atom. The average Bonchev–Trinajstić information content (AvgIpc) is 2.73. The third-order valence-corrected chi connectivity index (χ3v) is 4.93. The van der Waals surface area contributed by atoms with Gasteiger partial charge in [-0.25, -0.2) is 0 Å². The van der Waals surface area contributed by atoms with Gasteiger partial charge in [-0.1, -0.05) is 12.1 Å². The molecule has 1 amide bonds. The second-order valence-corrected chi connectivity index (χ2v) is 6.71. The molecule has 1 aliphatic rings. The van der Waals surface area contributed by atoms with Gasteiger partial charge in [-0.2, -0.15) is 0 Å². The highest BCUT2D eigenvalue weighted by atomic mass is 16.5. The number of carbonyl (C=O) groups excluding carboxylic acids is 1. The molecule has 6 nitrogen and oxygen atoms in total. The molecule has 6 heteroatoms. The molecule has 27 heavy (non-hydrogen) atoms. The van der Waals surface area contributed by atoms with Crippen LogP contribution in [0.3, 0.4) is 0 Å². The Bertz CT molecular complexity index is 744. The van der Waals surface area contributed by atoms with Crippen LogP contribution in [-0.2, 0) is 17.8 Å². The fourth-order valence-corrected chi connectivity index (χ4v) is 3.35. The van der Waals surface area contributed by atoms with E-state index in [1.807, 2.05) is 35.4 Å². The summed E-state index contributed by atoms with van der Waals surface area (Å²) in [5.74, 6) is 1.62. The number of amides is 1. The molecule has 144 valence electrons. The fraction of sp³-hybridized carbons (Fsp3) is 0.429. The van der Waals surface area contributed by atoms with Crippen LogP contribution in [0.2, 0.25) is 0 Å². The van der Waals surface area contributed by atoms with Crippen molar-refractivity contribution >= 4 is 5.91 Å². The van der Waals surface area contributed by atoms with Crippen molar-refractivity contribution in [2.24, 2.45) is 0 Å². The molecular formula is C21H27N3O3. The molecule has 0 unspecified atom stereocenters. The summed E-state index contributed by atoms with van der Waals surface area (Å²) < 4.78 is 10.6. The van der Waals surface area contributed by atoms with Crippen molar-refractivity contribution in [3.05, 3.63) is 53.9 Å². The number of ether oxygens (including phenoxy) is 2. The lowest BCUT2D eigenvalue weighted by Gasteiger charge is -2.34. The number of hydrogen-bond acceptors (Lipinski definition) is 5. The Morgan fingerprint density at radius 3 is 2.48 bits per heavy atom. The second-order valence-electron chi connectivity index (χ2n) is 6.71. The maximum absolute atomic E-state index is 12.6. The molecule has 0 spiro atoms. The Balaban J connectivity index is 1.46. The van der Waals surface area contributed by atoms with Crippen molar-refractivity contribution in [2.45, 2.75) is 19.4 Å². The Kier molecular flexibility index (Phi) is 6.65. The summed E-state index contributed by atoms with van der Waals surface area (Å²) in [7, 11) is 3.24. The van der Waals surface area contributed by atoms with E-state index in [4.69, 9.17) is 9.47 Å². The largest absolute Gasteiger partial charge is 0.493 e. The highest BCUT2D eigenvalue weighted by molar-refractivity contribution is 5.76. The fourth-order valence-electron chi connectivity index (χ4n) is 3.35. The Hall–Kier alpha value is -2.60. The van der Waals surface area contributed by atoms with Crippen LogP contribution in [0, 0.1) is 0 Å². The molecule has 0 saturated carbocycles. The second kappa shape index (κ2) is 9.37. The number of piperazine rings is 1. The van der Waals surface area contributed by atoms with Gasteiger partial charge in [0.15, 0.2) is 11.5 Å². The van der Waals surface area contributed by atoms with Gasteiger partial charge in [0, 0.05) is 51.5 Å². The van der Waals surface area contributed by atoms with Crippen molar-refractivity contribution in [3.8, 4) is 11.5 Å². The number of benzene rings is 1. The predicted molar refractivity (Wildman–Crippen MR) is 104 cm³/mol. The van der Waals surface area contributed by atoms with Gasteiger partial charge in [0.25, 0.3) is 0 Å². The molecule has 1 aromatic carbocycles. The first kappa shape index (κ1) is 19.2. The lowest BCUT2D eigenvalue weighted by Crippen LogP contribution is -2.48. The quantitative estimate of drug-likeness (QED) is 0.750. The molecule has 0 atom stereocenters. The molecule has 2 aromatic rings. The topological polar surface area (TPSA) is 54.9 Å². The maximum atomic E-state index is 12.6. The molecule has 0 aliphatic carbocycles. The molecule has 0 radical (unpaired) electrons. The molecule has 1 aromatic heterocycles. The van der Waals surface area contributed by atoms with E-state index in [-0.39, 0.29) is 5.91 Å². The molecule has 2 heterocycles. The minimum absolute atomic E-state index is 0.214. The van der Waals surface area contributed by atoms with Crippen molar-refractivity contribution in [2.75, 3.05) is 40.4 Å². The standard InChI is InChI=1S/C21H27N3O3/c1-26-19-7-5-17(14-20(19)27-2)6-8-21(25)24-12-10-23(11-13-24)16-18-4-3-9-22-15-18/h3-5,7,9,14-15H,6,8,10-13,16H2,1-2H3. The van der Waals surface area contributed by atoms with E-state index in [1.165, 1.54) is 5.56 Å². The van der Waals surface area contributed by atoms with E-state index in [0.29, 0.717) is 24.3 Å². The molecule has 1 fully saturated rings. The van der Waals surface area contributed by atoms with Gasteiger partial charge in [-0.05, 0) is 35.7 Å². The van der Waals surface area contributed by atoms with Crippen LogP contribution in [0.15, 0.2) is 42.7 Å². The monoisotopic (exact) mass is 369 g/mol. The van der Waals surface area contributed by atoms with Crippen LogP contribution in [-0.4, -0.2) is 61.1 Å². The van der Waals surface area contributed by atoms with Crippen molar-refractivity contribution in [1.29, 1.82) is 0 Å². The predicted octanol–water partition coefficient (Wildman–Crippen LogP) is 2.38. The number of aryl methyl sites for hydroxylation is 1. The van der Waals surface area contributed by atoms with Gasteiger partial charge in [-0.3, -0.25) is 14.7 Å². The Morgan fingerprint density at radius 2 is 1.81 bits per heavy atom. The number of methoxy groups -OCH3 is 2. The summed E-state index contributed by atoms with van der Waals surface area (Å²) in [6, 6.07) is 9.87.